The van der Waals surface area contributed by atoms with Crippen LogP contribution in [0.4, 0.5) is 0 Å². The summed E-state index contributed by atoms with van der Waals surface area (Å²) in [5, 5.41) is 0. The van der Waals surface area contributed by atoms with Crippen LogP contribution >= 0.6 is 11.6 Å². The maximum atomic E-state index is 5.45. The van der Waals surface area contributed by atoms with Crippen LogP contribution in [-0.2, 0) is 0 Å². The molecule has 0 bridgehead atoms. The molecular weight excluding hydrogens is 160 g/mol. The van der Waals surface area contributed by atoms with Gasteiger partial charge >= 0.3 is 0 Å². The Labute approximate surface area is 71.9 Å². The summed E-state index contributed by atoms with van der Waals surface area (Å²) in [7, 11) is 0. The molecule has 2 heteroatoms. The molecule has 1 radical (unpaired) electrons. The third kappa shape index (κ3) is 2.81. The number of benzene rings is 1. The molecule has 0 aliphatic heterocycles. The Balaban J connectivity index is 2.56. The van der Waals surface area contributed by atoms with Crippen LogP contribution < -0.4 is 4.74 Å². The third-order valence-electron chi connectivity index (χ3n) is 1.24. The number of rotatable bonds is 3. The largest absolute Gasteiger partial charge is 0.492 e. The predicted molar refractivity (Wildman–Crippen MR) is 47.1 cm³/mol. The van der Waals surface area contributed by atoms with Crippen molar-refractivity contribution in [1.29, 1.82) is 0 Å². The van der Waals surface area contributed by atoms with Crippen LogP contribution in [0, 0.1) is 6.92 Å². The van der Waals surface area contributed by atoms with Gasteiger partial charge in [0.25, 0.3) is 0 Å². The van der Waals surface area contributed by atoms with Crippen LogP contribution in [0.1, 0.15) is 5.56 Å². The van der Waals surface area contributed by atoms with Gasteiger partial charge in [0.1, 0.15) is 12.4 Å². The van der Waals surface area contributed by atoms with Crippen molar-refractivity contribution in [2.24, 2.45) is 0 Å². The molecule has 11 heavy (non-hydrogen) atoms. The summed E-state index contributed by atoms with van der Waals surface area (Å²) in [6.07, 6.45) is 0. The van der Waals surface area contributed by atoms with E-state index in [-0.39, 0.29) is 0 Å². The molecular formula is C9H10ClO. The molecule has 0 amide bonds. The van der Waals surface area contributed by atoms with Crippen LogP contribution in [0.15, 0.2) is 24.3 Å². The number of ether oxygens (including phenoxy) is 1. The molecule has 1 aromatic carbocycles. The Kier molecular flexibility index (Phi) is 3.24. The molecule has 0 saturated heterocycles. The van der Waals surface area contributed by atoms with Gasteiger partial charge in [0.15, 0.2) is 0 Å². The van der Waals surface area contributed by atoms with E-state index in [0.29, 0.717) is 12.5 Å². The zero-order valence-corrected chi connectivity index (χ0v) is 6.97. The molecule has 0 spiro atoms. The lowest BCUT2D eigenvalue weighted by Crippen LogP contribution is -1.97. The van der Waals surface area contributed by atoms with Crippen LogP contribution in [-0.4, -0.2) is 12.5 Å². The zero-order valence-electron chi connectivity index (χ0n) is 6.22. The molecule has 59 valence electrons. The first-order chi connectivity index (χ1) is 5.33. The van der Waals surface area contributed by atoms with E-state index in [9.17, 15) is 0 Å². The highest BCUT2D eigenvalue weighted by atomic mass is 35.5. The van der Waals surface area contributed by atoms with Crippen molar-refractivity contribution in [3.05, 3.63) is 36.8 Å². The van der Waals surface area contributed by atoms with Gasteiger partial charge < -0.3 is 4.74 Å². The molecule has 1 rings (SSSR count). The lowest BCUT2D eigenvalue weighted by molar-refractivity contribution is 0.342. The Morgan fingerprint density at radius 2 is 2.27 bits per heavy atom. The van der Waals surface area contributed by atoms with Gasteiger partial charge in [-0.3, -0.25) is 0 Å². The number of hydrogen-bond acceptors (Lipinski definition) is 1. The van der Waals surface area contributed by atoms with E-state index < -0.39 is 0 Å². The Morgan fingerprint density at radius 1 is 1.45 bits per heavy atom. The summed E-state index contributed by atoms with van der Waals surface area (Å²) in [5.74, 6) is 1.35. The second-order valence-corrected chi connectivity index (χ2v) is 2.56. The van der Waals surface area contributed by atoms with E-state index in [1.165, 1.54) is 0 Å². The topological polar surface area (TPSA) is 9.23 Å². The molecule has 0 aliphatic carbocycles. The van der Waals surface area contributed by atoms with Crippen LogP contribution in [0.25, 0.3) is 0 Å². The van der Waals surface area contributed by atoms with Gasteiger partial charge in [0.2, 0.25) is 0 Å². The van der Waals surface area contributed by atoms with Gasteiger partial charge in [-0.05, 0) is 24.6 Å². The highest BCUT2D eigenvalue weighted by Gasteiger charge is 1.91. The summed E-state index contributed by atoms with van der Waals surface area (Å²) in [4.78, 5) is 0. The zero-order chi connectivity index (χ0) is 8.10. The van der Waals surface area contributed by atoms with Crippen molar-refractivity contribution in [2.75, 3.05) is 12.5 Å². The second kappa shape index (κ2) is 4.24. The smallest absolute Gasteiger partial charge is 0.119 e. The average Bonchev–Trinajstić information content (AvgIpc) is 2.01. The van der Waals surface area contributed by atoms with Gasteiger partial charge in [-0.1, -0.05) is 12.1 Å². The monoisotopic (exact) mass is 169 g/mol. The Morgan fingerprint density at radius 3 is 2.91 bits per heavy atom. The number of alkyl halides is 1. The molecule has 0 aromatic heterocycles. The Hall–Kier alpha value is -0.690. The molecule has 0 heterocycles. The van der Waals surface area contributed by atoms with Gasteiger partial charge in [0.05, 0.1) is 5.88 Å². The van der Waals surface area contributed by atoms with Crippen LogP contribution in [0.3, 0.4) is 0 Å². The first-order valence-electron chi connectivity index (χ1n) is 3.43. The van der Waals surface area contributed by atoms with Crippen molar-refractivity contribution in [3.63, 3.8) is 0 Å². The molecule has 0 atom stereocenters. The first kappa shape index (κ1) is 8.41. The fourth-order valence-electron chi connectivity index (χ4n) is 0.792. The number of halogens is 1. The van der Waals surface area contributed by atoms with Gasteiger partial charge in [-0.25, -0.2) is 0 Å². The average molecular weight is 170 g/mol. The minimum Gasteiger partial charge on any atom is -0.492 e. The third-order valence-corrected chi connectivity index (χ3v) is 1.40. The van der Waals surface area contributed by atoms with Crippen molar-refractivity contribution in [2.45, 2.75) is 0 Å². The van der Waals surface area contributed by atoms with Crippen molar-refractivity contribution >= 4 is 11.6 Å². The minimum atomic E-state index is 0.515. The van der Waals surface area contributed by atoms with Gasteiger partial charge in [-0.15, -0.1) is 11.6 Å². The predicted octanol–water partition coefficient (Wildman–Crippen LogP) is 2.49. The fourth-order valence-corrected chi connectivity index (χ4v) is 0.869. The van der Waals surface area contributed by atoms with E-state index >= 15 is 0 Å². The van der Waals surface area contributed by atoms with Crippen molar-refractivity contribution < 1.29 is 4.74 Å². The Bertz CT molecular complexity index is 223. The summed E-state index contributed by atoms with van der Waals surface area (Å²) in [6, 6.07) is 7.60. The quantitative estimate of drug-likeness (QED) is 0.632. The normalized spacial score (nSPS) is 9.64. The van der Waals surface area contributed by atoms with E-state index in [0.717, 1.165) is 11.3 Å². The standard InChI is InChI=1S/C9H10ClO/c1-8-3-2-4-9(7-8)11-6-5-10/h2-4,7H,1,5-6H2. The van der Waals surface area contributed by atoms with E-state index in [1.807, 2.05) is 24.3 Å². The molecule has 0 saturated carbocycles. The first-order valence-corrected chi connectivity index (χ1v) is 3.97. The second-order valence-electron chi connectivity index (χ2n) is 2.18. The summed E-state index contributed by atoms with van der Waals surface area (Å²) >= 11 is 5.45. The molecule has 1 nitrogen and oxygen atoms in total. The summed E-state index contributed by atoms with van der Waals surface area (Å²) < 4.78 is 5.26. The highest BCUT2D eigenvalue weighted by molar-refractivity contribution is 6.17. The minimum absolute atomic E-state index is 0.515. The van der Waals surface area contributed by atoms with Crippen LogP contribution in [0.5, 0.6) is 5.75 Å². The van der Waals surface area contributed by atoms with Crippen LogP contribution in [0.2, 0.25) is 0 Å². The van der Waals surface area contributed by atoms with Gasteiger partial charge in [0, 0.05) is 0 Å². The number of hydrogen-bond donors (Lipinski definition) is 0. The van der Waals surface area contributed by atoms with Crippen molar-refractivity contribution in [1.82, 2.24) is 0 Å². The SMILES string of the molecule is [CH2]c1cccc(OCCCl)c1. The summed E-state index contributed by atoms with van der Waals surface area (Å²) in [5.41, 5.74) is 0.956. The summed E-state index contributed by atoms with van der Waals surface area (Å²) in [6.45, 7) is 4.32. The molecule has 0 aliphatic rings. The molecule has 0 unspecified atom stereocenters. The van der Waals surface area contributed by atoms with E-state index in [4.69, 9.17) is 16.3 Å². The molecule has 0 N–H and O–H groups in total. The maximum absolute atomic E-state index is 5.45. The lowest BCUT2D eigenvalue weighted by Gasteiger charge is -2.03. The molecule has 1 aromatic rings. The van der Waals surface area contributed by atoms with Gasteiger partial charge in [-0.2, -0.15) is 0 Å². The maximum Gasteiger partial charge on any atom is 0.119 e. The van der Waals surface area contributed by atoms with E-state index in [2.05, 4.69) is 6.92 Å². The lowest BCUT2D eigenvalue weighted by atomic mass is 10.2. The highest BCUT2D eigenvalue weighted by Crippen LogP contribution is 2.11. The molecule has 0 fully saturated rings. The fraction of sp³-hybridized carbons (Fsp3) is 0.222. The van der Waals surface area contributed by atoms with Crippen molar-refractivity contribution in [3.8, 4) is 5.75 Å². The van der Waals surface area contributed by atoms with E-state index in [1.54, 1.807) is 0 Å².